The highest BCUT2D eigenvalue weighted by molar-refractivity contribution is 7.89. The zero-order chi connectivity index (χ0) is 22.0. The molecule has 0 spiro atoms. The van der Waals surface area contributed by atoms with Gasteiger partial charge in [0.2, 0.25) is 10.0 Å². The molecule has 0 saturated carbocycles. The summed E-state index contributed by atoms with van der Waals surface area (Å²) >= 11 is 0. The van der Waals surface area contributed by atoms with Crippen LogP contribution in [-0.4, -0.2) is 15.0 Å². The average molecular weight is 440 g/mol. The van der Waals surface area contributed by atoms with Crippen LogP contribution in [0, 0.1) is 0 Å². The highest BCUT2D eigenvalue weighted by Gasteiger charge is 2.33. The Kier molecular flexibility index (Phi) is 5.64. The molecule has 0 aliphatic heterocycles. The van der Waals surface area contributed by atoms with E-state index in [1.54, 1.807) is 24.3 Å². The molecule has 0 bridgehead atoms. The van der Waals surface area contributed by atoms with E-state index in [4.69, 9.17) is 0 Å². The fourth-order valence-corrected chi connectivity index (χ4v) is 5.90. The van der Waals surface area contributed by atoms with Crippen molar-refractivity contribution in [1.29, 1.82) is 0 Å². The zero-order valence-corrected chi connectivity index (χ0v) is 18.5. The molecule has 0 fully saturated rings. The number of hydrogen-bond donors (Lipinski definition) is 1. The molecule has 0 radical (unpaired) electrons. The van der Waals surface area contributed by atoms with Crippen LogP contribution >= 0.6 is 0 Å². The Labute approximate surface area is 189 Å². The summed E-state index contributed by atoms with van der Waals surface area (Å²) in [7, 11) is -3.61. The molecule has 0 heterocycles. The standard InChI is InChI=1S/C28H25NO2S/c30-32(31,24-15-5-2-6-16-24)29-20-27(21-11-3-1-4-12-21)28-25-17-9-7-13-22(25)19-23-14-8-10-18-26(23)28/h1-18,27-29H,19-20H2. The van der Waals surface area contributed by atoms with Crippen LogP contribution in [0.25, 0.3) is 0 Å². The van der Waals surface area contributed by atoms with Gasteiger partial charge in [0.25, 0.3) is 0 Å². The van der Waals surface area contributed by atoms with Gasteiger partial charge in [-0.1, -0.05) is 97.1 Å². The van der Waals surface area contributed by atoms with Crippen molar-refractivity contribution in [2.75, 3.05) is 6.54 Å². The summed E-state index contributed by atoms with van der Waals surface area (Å²) in [6.07, 6.45) is 0.903. The molecule has 1 N–H and O–H groups in total. The summed E-state index contributed by atoms with van der Waals surface area (Å²) in [5.74, 6) is 0.0225. The number of hydrogen-bond acceptors (Lipinski definition) is 2. The van der Waals surface area contributed by atoms with Crippen molar-refractivity contribution < 1.29 is 8.42 Å². The molecule has 32 heavy (non-hydrogen) atoms. The van der Waals surface area contributed by atoms with Crippen LogP contribution in [0.15, 0.2) is 114 Å². The van der Waals surface area contributed by atoms with E-state index in [1.165, 1.54) is 22.3 Å². The van der Waals surface area contributed by atoms with Crippen LogP contribution in [-0.2, 0) is 16.4 Å². The van der Waals surface area contributed by atoms with Crippen molar-refractivity contribution >= 4 is 10.0 Å². The van der Waals surface area contributed by atoms with Gasteiger partial charge in [0.15, 0.2) is 0 Å². The van der Waals surface area contributed by atoms with E-state index in [2.05, 4.69) is 65.4 Å². The first-order chi connectivity index (χ1) is 15.6. The summed E-state index contributed by atoms with van der Waals surface area (Å²) in [4.78, 5) is 0.288. The summed E-state index contributed by atoms with van der Waals surface area (Å²) in [5.41, 5.74) is 6.30. The SMILES string of the molecule is O=S(=O)(NCC(c1ccccc1)C1c2ccccc2Cc2ccccc21)c1ccccc1. The Hall–Kier alpha value is -3.21. The van der Waals surface area contributed by atoms with Gasteiger partial charge in [0, 0.05) is 18.4 Å². The van der Waals surface area contributed by atoms with Crippen molar-refractivity contribution in [3.63, 3.8) is 0 Å². The lowest BCUT2D eigenvalue weighted by Crippen LogP contribution is -2.32. The van der Waals surface area contributed by atoms with Crippen molar-refractivity contribution in [3.8, 4) is 0 Å². The molecule has 4 aromatic carbocycles. The van der Waals surface area contributed by atoms with E-state index >= 15 is 0 Å². The summed E-state index contributed by atoms with van der Waals surface area (Å²) in [6, 6.07) is 35.9. The van der Waals surface area contributed by atoms with Gasteiger partial charge in [-0.2, -0.15) is 0 Å². The first kappa shape index (κ1) is 20.7. The fraction of sp³-hybridized carbons (Fsp3) is 0.143. The van der Waals surface area contributed by atoms with E-state index < -0.39 is 10.0 Å². The molecule has 0 aromatic heterocycles. The van der Waals surface area contributed by atoms with Crippen LogP contribution in [0.3, 0.4) is 0 Å². The van der Waals surface area contributed by atoms with Crippen LogP contribution in [0.2, 0.25) is 0 Å². The first-order valence-electron chi connectivity index (χ1n) is 10.9. The number of rotatable bonds is 6. The van der Waals surface area contributed by atoms with E-state index in [0.29, 0.717) is 6.54 Å². The largest absolute Gasteiger partial charge is 0.240 e. The molecule has 1 unspecified atom stereocenters. The maximum atomic E-state index is 13.0. The molecular weight excluding hydrogens is 414 g/mol. The van der Waals surface area contributed by atoms with Gasteiger partial charge in [0.05, 0.1) is 4.90 Å². The Morgan fingerprint density at radius 3 is 1.78 bits per heavy atom. The Balaban J connectivity index is 1.58. The second kappa shape index (κ2) is 8.73. The zero-order valence-electron chi connectivity index (χ0n) is 17.7. The maximum absolute atomic E-state index is 13.0. The molecule has 0 saturated heterocycles. The van der Waals surface area contributed by atoms with Crippen molar-refractivity contribution in [2.45, 2.75) is 23.2 Å². The fourth-order valence-electron chi connectivity index (χ4n) is 4.81. The molecule has 1 aliphatic carbocycles. The minimum Gasteiger partial charge on any atom is -0.211 e. The molecule has 1 atom stereocenters. The van der Waals surface area contributed by atoms with Crippen LogP contribution in [0.1, 0.15) is 39.7 Å². The van der Waals surface area contributed by atoms with E-state index in [9.17, 15) is 8.42 Å². The second-order valence-electron chi connectivity index (χ2n) is 8.23. The quantitative estimate of drug-likeness (QED) is 0.432. The second-order valence-corrected chi connectivity index (χ2v) is 10.0. The lowest BCUT2D eigenvalue weighted by molar-refractivity contribution is 0.546. The number of sulfonamides is 1. The van der Waals surface area contributed by atoms with Crippen molar-refractivity contribution in [3.05, 3.63) is 137 Å². The van der Waals surface area contributed by atoms with E-state index in [0.717, 1.165) is 12.0 Å². The lowest BCUT2D eigenvalue weighted by atomic mass is 9.70. The molecule has 4 aromatic rings. The molecular formula is C28H25NO2S. The third-order valence-electron chi connectivity index (χ3n) is 6.34. The van der Waals surface area contributed by atoms with Gasteiger partial charge < -0.3 is 0 Å². The van der Waals surface area contributed by atoms with Crippen molar-refractivity contribution in [1.82, 2.24) is 4.72 Å². The molecule has 4 heteroatoms. The third kappa shape index (κ3) is 3.99. The predicted octanol–water partition coefficient (Wildman–Crippen LogP) is 5.49. The molecule has 0 amide bonds. The average Bonchev–Trinajstić information content (AvgIpc) is 2.85. The number of nitrogens with one attached hydrogen (secondary N) is 1. The normalized spacial score (nSPS) is 14.4. The monoisotopic (exact) mass is 439 g/mol. The van der Waals surface area contributed by atoms with Crippen LogP contribution < -0.4 is 4.72 Å². The molecule has 5 rings (SSSR count). The van der Waals surface area contributed by atoms with E-state index in [-0.39, 0.29) is 16.7 Å². The number of fused-ring (bicyclic) bond motifs is 2. The molecule has 1 aliphatic rings. The first-order valence-corrected chi connectivity index (χ1v) is 12.4. The maximum Gasteiger partial charge on any atom is 0.240 e. The summed E-state index contributed by atoms with van der Waals surface area (Å²) < 4.78 is 29.0. The minimum absolute atomic E-state index is 0.0442. The van der Waals surface area contributed by atoms with E-state index in [1.807, 2.05) is 24.3 Å². The molecule has 160 valence electrons. The van der Waals surface area contributed by atoms with Gasteiger partial charge in [-0.25, -0.2) is 13.1 Å². The minimum atomic E-state index is -3.61. The Morgan fingerprint density at radius 2 is 1.19 bits per heavy atom. The summed E-state index contributed by atoms with van der Waals surface area (Å²) in [6.45, 7) is 0.314. The Morgan fingerprint density at radius 1 is 0.688 bits per heavy atom. The van der Waals surface area contributed by atoms with Gasteiger partial charge in [-0.05, 0) is 46.4 Å². The summed E-state index contributed by atoms with van der Waals surface area (Å²) in [5, 5.41) is 0. The highest BCUT2D eigenvalue weighted by Crippen LogP contribution is 2.44. The van der Waals surface area contributed by atoms with Gasteiger partial charge in [-0.15, -0.1) is 0 Å². The topological polar surface area (TPSA) is 46.2 Å². The number of benzene rings is 4. The predicted molar refractivity (Wildman–Crippen MR) is 128 cm³/mol. The van der Waals surface area contributed by atoms with Gasteiger partial charge in [-0.3, -0.25) is 0 Å². The molecule has 3 nitrogen and oxygen atoms in total. The van der Waals surface area contributed by atoms with Crippen LogP contribution in [0.5, 0.6) is 0 Å². The highest BCUT2D eigenvalue weighted by atomic mass is 32.2. The third-order valence-corrected chi connectivity index (χ3v) is 7.78. The smallest absolute Gasteiger partial charge is 0.211 e. The van der Waals surface area contributed by atoms with Gasteiger partial charge >= 0.3 is 0 Å². The lowest BCUT2D eigenvalue weighted by Gasteiger charge is -2.35. The van der Waals surface area contributed by atoms with Crippen molar-refractivity contribution in [2.24, 2.45) is 0 Å². The van der Waals surface area contributed by atoms with Crippen LogP contribution in [0.4, 0.5) is 0 Å². The Bertz CT molecular complexity index is 1270. The van der Waals surface area contributed by atoms with Gasteiger partial charge in [0.1, 0.15) is 0 Å².